The van der Waals surface area contributed by atoms with Crippen LogP contribution in [0.4, 0.5) is 36.4 Å². The largest absolute Gasteiger partial charge is 0.419 e. The fourth-order valence-electron chi connectivity index (χ4n) is 4.31. The van der Waals surface area contributed by atoms with Gasteiger partial charge in [-0.2, -0.15) is 31.4 Å². The molecule has 1 unspecified atom stereocenters. The molecule has 1 aliphatic heterocycles. The third kappa shape index (κ3) is 5.62. The molecule has 0 spiro atoms. The highest BCUT2D eigenvalue weighted by Gasteiger charge is 2.42. The average molecular weight is 558 g/mol. The minimum Gasteiger partial charge on any atom is -0.324 e. The Morgan fingerprint density at radius 3 is 2.18 bits per heavy atom. The van der Waals surface area contributed by atoms with E-state index >= 15 is 0 Å². The molecule has 1 heterocycles. The van der Waals surface area contributed by atoms with Gasteiger partial charge in [-0.25, -0.2) is 4.39 Å². The highest BCUT2D eigenvalue weighted by atomic mass is 35.5. The van der Waals surface area contributed by atoms with Crippen molar-refractivity contribution in [3.05, 3.63) is 99.8 Å². The fourth-order valence-corrected chi connectivity index (χ4v) is 4.60. The third-order valence-electron chi connectivity index (χ3n) is 6.11. The number of carbonyl (C=O) groups excluding carboxylic acids is 1. The molecule has 0 radical (unpaired) electrons. The van der Waals surface area contributed by atoms with Gasteiger partial charge in [-0.3, -0.25) is 9.80 Å². The van der Waals surface area contributed by atoms with Crippen LogP contribution in [0.1, 0.15) is 29.2 Å². The second kappa shape index (κ2) is 9.94. The number of benzene rings is 3. The van der Waals surface area contributed by atoms with E-state index in [0.717, 1.165) is 17.7 Å². The third-order valence-corrected chi connectivity index (χ3v) is 6.42. The van der Waals surface area contributed by atoms with Crippen molar-refractivity contribution in [1.29, 1.82) is 0 Å². The van der Waals surface area contributed by atoms with E-state index in [0.29, 0.717) is 23.4 Å². The molecule has 0 saturated carbocycles. The van der Waals surface area contributed by atoms with Gasteiger partial charge in [0.25, 0.3) is 0 Å². The summed E-state index contributed by atoms with van der Waals surface area (Å²) in [6, 6.07) is 14.3. The van der Waals surface area contributed by atoms with Gasteiger partial charge in [-0.15, -0.1) is 0 Å². The molecule has 0 aromatic heterocycles. The highest BCUT2D eigenvalue weighted by molar-refractivity contribution is 6.32. The predicted octanol–water partition coefficient (Wildman–Crippen LogP) is 7.13. The van der Waals surface area contributed by atoms with Gasteiger partial charge in [0, 0.05) is 11.3 Å². The molecular formula is C26H19ClF7N3O. The van der Waals surface area contributed by atoms with E-state index in [9.17, 15) is 35.5 Å². The Labute approximate surface area is 217 Å². The monoisotopic (exact) mass is 557 g/mol. The lowest BCUT2D eigenvalue weighted by molar-refractivity contribution is -0.140. The minimum absolute atomic E-state index is 0.153. The van der Waals surface area contributed by atoms with Crippen molar-refractivity contribution in [2.45, 2.75) is 24.7 Å². The van der Waals surface area contributed by atoms with Gasteiger partial charge >= 0.3 is 12.4 Å². The summed E-state index contributed by atoms with van der Waals surface area (Å²) in [6.07, 6.45) is -9.52. The van der Waals surface area contributed by atoms with Crippen LogP contribution in [0.5, 0.6) is 0 Å². The smallest absolute Gasteiger partial charge is 0.324 e. The maximum Gasteiger partial charge on any atom is 0.419 e. The molecule has 200 valence electrons. The molecule has 0 aliphatic carbocycles. The van der Waals surface area contributed by atoms with Crippen LogP contribution in [0.15, 0.2) is 71.8 Å². The molecule has 3 aromatic rings. The van der Waals surface area contributed by atoms with Gasteiger partial charge in [-0.05, 0) is 42.8 Å². The number of rotatable bonds is 5. The van der Waals surface area contributed by atoms with Gasteiger partial charge < -0.3 is 5.32 Å². The lowest BCUT2D eigenvalue weighted by Crippen LogP contribution is -2.38. The van der Waals surface area contributed by atoms with E-state index < -0.39 is 45.6 Å². The number of alkyl halides is 6. The number of anilines is 1. The van der Waals surface area contributed by atoms with Crippen LogP contribution in [-0.2, 0) is 22.6 Å². The van der Waals surface area contributed by atoms with Crippen molar-refractivity contribution in [1.82, 2.24) is 5.01 Å². The van der Waals surface area contributed by atoms with Crippen molar-refractivity contribution in [3.63, 3.8) is 0 Å². The average Bonchev–Trinajstić information content (AvgIpc) is 3.14. The molecule has 0 bridgehead atoms. The molecule has 4 rings (SSSR count). The first-order valence-corrected chi connectivity index (χ1v) is 11.5. The fraction of sp³-hybridized carbons (Fsp3) is 0.231. The molecule has 1 atom stereocenters. The van der Waals surface area contributed by atoms with E-state index in [1.807, 2.05) is 19.1 Å². The molecule has 0 saturated heterocycles. The van der Waals surface area contributed by atoms with Gasteiger partial charge in [0.2, 0.25) is 5.91 Å². The molecule has 12 heteroatoms. The second-order valence-electron chi connectivity index (χ2n) is 8.90. The van der Waals surface area contributed by atoms with Gasteiger partial charge in [-0.1, -0.05) is 48.0 Å². The van der Waals surface area contributed by atoms with Crippen LogP contribution in [-0.4, -0.2) is 29.7 Å². The Hall–Kier alpha value is -3.60. The van der Waals surface area contributed by atoms with Crippen molar-refractivity contribution in [2.75, 3.05) is 18.4 Å². The van der Waals surface area contributed by atoms with Crippen molar-refractivity contribution in [2.24, 2.45) is 5.10 Å². The minimum atomic E-state index is -4.88. The summed E-state index contributed by atoms with van der Waals surface area (Å²) in [6.45, 7) is 1.61. The summed E-state index contributed by atoms with van der Waals surface area (Å²) >= 11 is 5.94. The number of nitrogens with one attached hydrogen (secondary N) is 1. The zero-order valence-electron chi connectivity index (χ0n) is 19.6. The number of hydrogen-bond donors (Lipinski definition) is 1. The van der Waals surface area contributed by atoms with Crippen molar-refractivity contribution < 1.29 is 35.5 Å². The van der Waals surface area contributed by atoms with Crippen LogP contribution in [0.3, 0.4) is 0 Å². The number of halogens is 8. The first-order valence-electron chi connectivity index (χ1n) is 11.1. The van der Waals surface area contributed by atoms with E-state index in [1.54, 1.807) is 18.2 Å². The SMILES string of the molecule is CC1(c2ccccc2)CN(CC(=O)Nc2ccc(C(F)(F)F)c(F)c2)N=C1c1ccc(C(F)(F)F)c(Cl)c1. The van der Waals surface area contributed by atoms with E-state index in [1.165, 1.54) is 17.1 Å². The highest BCUT2D eigenvalue weighted by Crippen LogP contribution is 2.39. The summed E-state index contributed by atoms with van der Waals surface area (Å²) < 4.78 is 91.9. The molecule has 0 fully saturated rings. The summed E-state index contributed by atoms with van der Waals surface area (Å²) in [5.41, 5.74) is -2.02. The number of amides is 1. The van der Waals surface area contributed by atoms with E-state index in [2.05, 4.69) is 10.4 Å². The lowest BCUT2D eigenvalue weighted by atomic mass is 9.76. The van der Waals surface area contributed by atoms with E-state index in [4.69, 9.17) is 11.6 Å². The Morgan fingerprint density at radius 1 is 0.974 bits per heavy atom. The lowest BCUT2D eigenvalue weighted by Gasteiger charge is -2.27. The first-order chi connectivity index (χ1) is 17.7. The first kappa shape index (κ1) is 27.4. The molecule has 1 amide bonds. The zero-order chi connectivity index (χ0) is 27.9. The standard InChI is InChI=1S/C26H19ClF7N3O/c1-24(16-5-3-2-4-6-16)14-37(36-23(24)15-7-9-18(20(27)11-15)25(29,30)31)13-22(38)35-17-8-10-19(21(28)12-17)26(32,33)34/h2-12H,13-14H2,1H3,(H,35,38). The van der Waals surface area contributed by atoms with Crippen molar-refractivity contribution in [3.8, 4) is 0 Å². The normalized spacial score (nSPS) is 17.9. The molecule has 4 nitrogen and oxygen atoms in total. The Bertz CT molecular complexity index is 1390. The second-order valence-corrected chi connectivity index (χ2v) is 9.31. The topological polar surface area (TPSA) is 44.7 Å². The molecule has 1 aliphatic rings. The quantitative estimate of drug-likeness (QED) is 0.339. The maximum absolute atomic E-state index is 13.9. The number of carbonyl (C=O) groups is 1. The van der Waals surface area contributed by atoms with Crippen LogP contribution < -0.4 is 5.32 Å². The molecule has 3 aromatic carbocycles. The Morgan fingerprint density at radius 2 is 1.61 bits per heavy atom. The van der Waals surface area contributed by atoms with Gasteiger partial charge in [0.15, 0.2) is 0 Å². The Kier molecular flexibility index (Phi) is 7.17. The zero-order valence-corrected chi connectivity index (χ0v) is 20.3. The van der Waals surface area contributed by atoms with E-state index in [-0.39, 0.29) is 18.8 Å². The van der Waals surface area contributed by atoms with Crippen LogP contribution in [0.25, 0.3) is 0 Å². The van der Waals surface area contributed by atoms with Crippen LogP contribution in [0.2, 0.25) is 5.02 Å². The molecule has 38 heavy (non-hydrogen) atoms. The van der Waals surface area contributed by atoms with Gasteiger partial charge in [0.1, 0.15) is 12.4 Å². The molecule has 1 N–H and O–H groups in total. The van der Waals surface area contributed by atoms with Crippen molar-refractivity contribution >= 4 is 28.9 Å². The van der Waals surface area contributed by atoms with Gasteiger partial charge in [0.05, 0.1) is 33.8 Å². The molecular weight excluding hydrogens is 539 g/mol. The summed E-state index contributed by atoms with van der Waals surface area (Å²) in [5.74, 6) is -2.22. The summed E-state index contributed by atoms with van der Waals surface area (Å²) in [7, 11) is 0. The maximum atomic E-state index is 13.9. The Balaban J connectivity index is 1.61. The van der Waals surface area contributed by atoms with Crippen LogP contribution in [0, 0.1) is 5.82 Å². The van der Waals surface area contributed by atoms with Crippen LogP contribution >= 0.6 is 11.6 Å². The number of hydrogen-bond acceptors (Lipinski definition) is 3. The number of hydrazone groups is 1. The summed E-state index contributed by atoms with van der Waals surface area (Å²) in [5, 5.41) is 7.71. The summed E-state index contributed by atoms with van der Waals surface area (Å²) in [4.78, 5) is 12.6. The predicted molar refractivity (Wildman–Crippen MR) is 128 cm³/mol. The number of nitrogens with zero attached hydrogens (tertiary/aromatic N) is 2.